The second kappa shape index (κ2) is 6.27. The van der Waals surface area contributed by atoms with E-state index in [0.29, 0.717) is 16.4 Å². The van der Waals surface area contributed by atoms with Gasteiger partial charge in [0.2, 0.25) is 0 Å². The molecule has 1 saturated heterocycles. The van der Waals surface area contributed by atoms with Gasteiger partial charge < -0.3 is 4.90 Å². The third-order valence-corrected chi connectivity index (χ3v) is 4.54. The molecule has 3 rings (SSSR count). The van der Waals surface area contributed by atoms with Crippen molar-refractivity contribution in [3.8, 4) is 0 Å². The van der Waals surface area contributed by atoms with Gasteiger partial charge in [0.05, 0.1) is 0 Å². The van der Waals surface area contributed by atoms with Gasteiger partial charge in [0, 0.05) is 23.5 Å². The van der Waals surface area contributed by atoms with Gasteiger partial charge in [0.25, 0.3) is 11.8 Å². The number of nitrogens with one attached hydrogen (secondary N) is 1. The Morgan fingerprint density at radius 1 is 1.18 bits per heavy atom. The van der Waals surface area contributed by atoms with Gasteiger partial charge in [-0.3, -0.25) is 14.9 Å². The SMILES string of the molecule is Cc1sc(NC(=O)c2ccccc2)nc1C(=O)N1CCCC1. The minimum atomic E-state index is -0.213. The molecule has 0 bridgehead atoms. The fraction of sp³-hybridized carbons (Fsp3) is 0.312. The van der Waals surface area contributed by atoms with E-state index in [9.17, 15) is 9.59 Å². The summed E-state index contributed by atoms with van der Waals surface area (Å²) < 4.78 is 0. The van der Waals surface area contributed by atoms with Crippen molar-refractivity contribution in [2.45, 2.75) is 19.8 Å². The second-order valence-electron chi connectivity index (χ2n) is 5.24. The third-order valence-electron chi connectivity index (χ3n) is 3.65. The Balaban J connectivity index is 1.75. The summed E-state index contributed by atoms with van der Waals surface area (Å²) in [6.45, 7) is 3.45. The molecule has 2 aromatic rings. The number of likely N-dealkylation sites (tertiary alicyclic amines) is 1. The highest BCUT2D eigenvalue weighted by molar-refractivity contribution is 7.16. The lowest BCUT2D eigenvalue weighted by Gasteiger charge is -2.13. The highest BCUT2D eigenvalue weighted by Crippen LogP contribution is 2.25. The van der Waals surface area contributed by atoms with Gasteiger partial charge in [-0.25, -0.2) is 4.98 Å². The zero-order valence-corrected chi connectivity index (χ0v) is 13.2. The molecule has 1 aromatic carbocycles. The molecule has 0 radical (unpaired) electrons. The molecule has 2 amide bonds. The molecule has 114 valence electrons. The standard InChI is InChI=1S/C16H17N3O2S/c1-11-13(15(21)19-9-5-6-10-19)17-16(22-11)18-14(20)12-7-3-2-4-8-12/h2-4,7-8H,5-6,9-10H2,1H3,(H,17,18,20). The van der Waals surface area contributed by atoms with E-state index in [1.54, 1.807) is 12.1 Å². The Bertz CT molecular complexity index is 691. The van der Waals surface area contributed by atoms with Crippen molar-refractivity contribution in [1.29, 1.82) is 0 Å². The van der Waals surface area contributed by atoms with Gasteiger partial charge in [-0.2, -0.15) is 0 Å². The smallest absolute Gasteiger partial charge is 0.273 e. The maximum Gasteiger partial charge on any atom is 0.273 e. The van der Waals surface area contributed by atoms with Crippen molar-refractivity contribution in [2.24, 2.45) is 0 Å². The Morgan fingerprint density at radius 3 is 2.55 bits per heavy atom. The maximum atomic E-state index is 12.4. The van der Waals surface area contributed by atoms with Crippen LogP contribution in [0.5, 0.6) is 0 Å². The summed E-state index contributed by atoms with van der Waals surface area (Å²) in [5.41, 5.74) is 1.03. The van der Waals surface area contributed by atoms with Gasteiger partial charge in [0.1, 0.15) is 5.69 Å². The Kier molecular flexibility index (Phi) is 4.20. The fourth-order valence-corrected chi connectivity index (χ4v) is 3.28. The number of thiazole rings is 1. The van der Waals surface area contributed by atoms with Gasteiger partial charge >= 0.3 is 0 Å². The molecule has 1 fully saturated rings. The number of benzene rings is 1. The van der Waals surface area contributed by atoms with E-state index in [4.69, 9.17) is 0 Å². The van der Waals surface area contributed by atoms with Crippen LogP contribution in [0, 0.1) is 6.92 Å². The molecule has 0 atom stereocenters. The Labute approximate surface area is 133 Å². The number of hydrogen-bond acceptors (Lipinski definition) is 4. The van der Waals surface area contributed by atoms with Gasteiger partial charge in [-0.15, -0.1) is 11.3 Å². The first kappa shape index (κ1) is 14.7. The summed E-state index contributed by atoms with van der Waals surface area (Å²) in [5, 5.41) is 3.23. The first-order valence-electron chi connectivity index (χ1n) is 7.28. The molecule has 1 N–H and O–H groups in total. The lowest BCUT2D eigenvalue weighted by Crippen LogP contribution is -2.28. The first-order valence-corrected chi connectivity index (χ1v) is 8.10. The van der Waals surface area contributed by atoms with Crippen LogP contribution in [0.25, 0.3) is 0 Å². The number of anilines is 1. The van der Waals surface area contributed by atoms with Crippen molar-refractivity contribution in [3.05, 3.63) is 46.5 Å². The van der Waals surface area contributed by atoms with Gasteiger partial charge in [-0.1, -0.05) is 18.2 Å². The summed E-state index contributed by atoms with van der Waals surface area (Å²) in [4.78, 5) is 31.5. The van der Waals surface area contributed by atoms with Crippen LogP contribution in [0.3, 0.4) is 0 Å². The van der Waals surface area contributed by atoms with E-state index in [1.165, 1.54) is 11.3 Å². The van der Waals surface area contributed by atoms with Crippen LogP contribution in [-0.4, -0.2) is 34.8 Å². The summed E-state index contributed by atoms with van der Waals surface area (Å²) in [6.07, 6.45) is 2.10. The van der Waals surface area contributed by atoms with E-state index in [2.05, 4.69) is 10.3 Å². The highest BCUT2D eigenvalue weighted by atomic mass is 32.1. The molecule has 5 nitrogen and oxygen atoms in total. The number of aryl methyl sites for hydroxylation is 1. The highest BCUT2D eigenvalue weighted by Gasteiger charge is 2.24. The van der Waals surface area contributed by atoms with Crippen molar-refractivity contribution in [3.63, 3.8) is 0 Å². The maximum absolute atomic E-state index is 12.4. The van der Waals surface area contributed by atoms with Crippen molar-refractivity contribution in [1.82, 2.24) is 9.88 Å². The molecule has 1 aromatic heterocycles. The molecular weight excluding hydrogens is 298 g/mol. The number of carbonyl (C=O) groups excluding carboxylic acids is 2. The predicted molar refractivity (Wildman–Crippen MR) is 86.4 cm³/mol. The quantitative estimate of drug-likeness (QED) is 0.947. The van der Waals surface area contributed by atoms with Crippen molar-refractivity contribution < 1.29 is 9.59 Å². The van der Waals surface area contributed by atoms with Crippen LogP contribution < -0.4 is 5.32 Å². The molecule has 0 aliphatic carbocycles. The predicted octanol–water partition coefficient (Wildman–Crippen LogP) is 2.94. The van der Waals surface area contributed by atoms with Crippen LogP contribution in [0.15, 0.2) is 30.3 Å². The monoisotopic (exact) mass is 315 g/mol. The van der Waals surface area contributed by atoms with Crippen LogP contribution in [-0.2, 0) is 0 Å². The van der Waals surface area contributed by atoms with Crippen molar-refractivity contribution >= 4 is 28.3 Å². The normalized spacial score (nSPS) is 14.1. The number of amides is 2. The molecule has 6 heteroatoms. The largest absolute Gasteiger partial charge is 0.337 e. The number of hydrogen-bond donors (Lipinski definition) is 1. The zero-order valence-electron chi connectivity index (χ0n) is 12.3. The van der Waals surface area contributed by atoms with Crippen LogP contribution in [0.4, 0.5) is 5.13 Å². The number of aromatic nitrogens is 1. The second-order valence-corrected chi connectivity index (χ2v) is 6.45. The van der Waals surface area contributed by atoms with Crippen LogP contribution in [0.2, 0.25) is 0 Å². The molecule has 0 saturated carbocycles. The average molecular weight is 315 g/mol. The van der Waals surface area contributed by atoms with E-state index in [1.807, 2.05) is 30.0 Å². The Hall–Kier alpha value is -2.21. The van der Waals surface area contributed by atoms with Gasteiger partial charge in [0.15, 0.2) is 5.13 Å². The minimum Gasteiger partial charge on any atom is -0.337 e. The minimum absolute atomic E-state index is 0.0357. The molecule has 0 unspecified atom stereocenters. The topological polar surface area (TPSA) is 62.3 Å². The number of carbonyl (C=O) groups is 2. The summed E-state index contributed by atoms with van der Waals surface area (Å²) in [6, 6.07) is 8.96. The molecule has 1 aliphatic rings. The van der Waals surface area contributed by atoms with Crippen LogP contribution in [0.1, 0.15) is 38.6 Å². The van der Waals surface area contributed by atoms with E-state index in [0.717, 1.165) is 30.8 Å². The lowest BCUT2D eigenvalue weighted by molar-refractivity contribution is 0.0786. The molecular formula is C16H17N3O2S. The lowest BCUT2D eigenvalue weighted by atomic mass is 10.2. The Morgan fingerprint density at radius 2 is 1.86 bits per heavy atom. The molecule has 22 heavy (non-hydrogen) atoms. The molecule has 0 spiro atoms. The number of nitrogens with zero attached hydrogens (tertiary/aromatic N) is 2. The van der Waals surface area contributed by atoms with Crippen LogP contribution >= 0.6 is 11.3 Å². The van der Waals surface area contributed by atoms with Gasteiger partial charge in [-0.05, 0) is 31.9 Å². The summed E-state index contributed by atoms with van der Waals surface area (Å²) in [7, 11) is 0. The average Bonchev–Trinajstić information content (AvgIpc) is 3.17. The van der Waals surface area contributed by atoms with E-state index >= 15 is 0 Å². The zero-order chi connectivity index (χ0) is 15.5. The fourth-order valence-electron chi connectivity index (χ4n) is 2.48. The van der Waals surface area contributed by atoms with E-state index < -0.39 is 0 Å². The molecule has 1 aliphatic heterocycles. The summed E-state index contributed by atoms with van der Waals surface area (Å²) >= 11 is 1.33. The van der Waals surface area contributed by atoms with Crippen molar-refractivity contribution in [2.75, 3.05) is 18.4 Å². The number of rotatable bonds is 3. The van der Waals surface area contributed by atoms with E-state index in [-0.39, 0.29) is 11.8 Å². The molecule has 2 heterocycles. The summed E-state index contributed by atoms with van der Waals surface area (Å²) in [5.74, 6) is -0.249. The first-order chi connectivity index (χ1) is 10.6. The third kappa shape index (κ3) is 3.01.